The van der Waals surface area contributed by atoms with E-state index >= 15 is 0 Å². The van der Waals surface area contributed by atoms with Gasteiger partial charge in [0.05, 0.1) is 16.2 Å². The summed E-state index contributed by atoms with van der Waals surface area (Å²) < 4.78 is 1.40. The molecule has 0 bridgehead atoms. The number of nitrogens with zero attached hydrogens (tertiary/aromatic N) is 4. The molecule has 2 aromatic rings. The molecule has 9 heteroatoms. The smallest absolute Gasteiger partial charge is 0.234 e. The quantitative estimate of drug-likeness (QED) is 0.613. The van der Waals surface area contributed by atoms with E-state index < -0.39 is 10.8 Å². The number of carbonyl (C=O) groups excluding carboxylic acids is 1. The molecule has 2 heterocycles. The molecule has 25 heavy (non-hydrogen) atoms. The highest BCUT2D eigenvalue weighted by Gasteiger charge is 2.35. The van der Waals surface area contributed by atoms with Crippen molar-refractivity contribution in [2.24, 2.45) is 0 Å². The first kappa shape index (κ1) is 17.8. The second-order valence-corrected chi connectivity index (χ2v) is 8.41. The second kappa shape index (κ2) is 7.45. The molecule has 1 aliphatic rings. The highest BCUT2D eigenvalue weighted by Crippen LogP contribution is 2.30. The van der Waals surface area contributed by atoms with Crippen molar-refractivity contribution in [1.29, 1.82) is 5.26 Å². The second-order valence-electron chi connectivity index (χ2n) is 6.16. The lowest BCUT2D eigenvalue weighted by molar-refractivity contribution is -0.121. The van der Waals surface area contributed by atoms with Gasteiger partial charge in [-0.1, -0.05) is 37.1 Å². The van der Waals surface area contributed by atoms with Crippen LogP contribution in [0.1, 0.15) is 39.0 Å². The number of thiophene rings is 1. The summed E-state index contributed by atoms with van der Waals surface area (Å²) in [5, 5.41) is 22.6. The lowest BCUT2D eigenvalue weighted by atomic mass is 9.83. The predicted molar refractivity (Wildman–Crippen MR) is 98.4 cm³/mol. The molecule has 3 N–H and O–H groups in total. The van der Waals surface area contributed by atoms with Gasteiger partial charge in [-0.2, -0.15) is 5.26 Å². The summed E-state index contributed by atoms with van der Waals surface area (Å²) in [6.07, 6.45) is 4.48. The van der Waals surface area contributed by atoms with Crippen molar-refractivity contribution >= 4 is 29.0 Å². The highest BCUT2D eigenvalue weighted by atomic mass is 32.2. The predicted octanol–water partition coefficient (Wildman–Crippen LogP) is 2.54. The van der Waals surface area contributed by atoms with E-state index in [-0.39, 0.29) is 5.91 Å². The lowest BCUT2D eigenvalue weighted by Crippen LogP contribution is -2.51. The summed E-state index contributed by atoms with van der Waals surface area (Å²) in [5.41, 5.74) is -0.733. The number of carbonyl (C=O) groups is 1. The van der Waals surface area contributed by atoms with Crippen LogP contribution in [0, 0.1) is 11.3 Å². The standard InChI is InChI=1S/C16H20N6OS2/c1-11(14(23)19-16(10-17)7-3-2-4-8-16)25-15-21-20-13(22(15)18)12-6-5-9-24-12/h5-6,9,11H,2-4,7-8,18H2,1H3,(H,19,23). The van der Waals surface area contributed by atoms with Gasteiger partial charge in [0, 0.05) is 0 Å². The van der Waals surface area contributed by atoms with E-state index in [1.165, 1.54) is 27.8 Å². The number of nitrogens with two attached hydrogens (primary N) is 1. The van der Waals surface area contributed by atoms with Gasteiger partial charge in [0.2, 0.25) is 11.1 Å². The van der Waals surface area contributed by atoms with E-state index in [4.69, 9.17) is 5.84 Å². The molecule has 1 amide bonds. The number of rotatable bonds is 5. The van der Waals surface area contributed by atoms with Crippen LogP contribution < -0.4 is 11.2 Å². The molecule has 0 radical (unpaired) electrons. The number of amides is 1. The van der Waals surface area contributed by atoms with Crippen LogP contribution in [0.2, 0.25) is 0 Å². The van der Waals surface area contributed by atoms with Crippen LogP contribution >= 0.6 is 23.1 Å². The first-order valence-electron chi connectivity index (χ1n) is 8.19. The fourth-order valence-electron chi connectivity index (χ4n) is 2.90. The molecule has 3 rings (SSSR count). The molecule has 1 atom stereocenters. The van der Waals surface area contributed by atoms with Crippen LogP contribution in [0.4, 0.5) is 0 Å². The fourth-order valence-corrected chi connectivity index (χ4v) is 4.38. The molecule has 2 aromatic heterocycles. The van der Waals surface area contributed by atoms with Gasteiger partial charge in [0.1, 0.15) is 5.54 Å². The van der Waals surface area contributed by atoms with Gasteiger partial charge < -0.3 is 11.2 Å². The molecule has 132 valence electrons. The monoisotopic (exact) mass is 376 g/mol. The summed E-state index contributed by atoms with van der Waals surface area (Å²) in [5.74, 6) is 6.48. The Kier molecular flexibility index (Phi) is 5.30. The van der Waals surface area contributed by atoms with Crippen LogP contribution in [0.25, 0.3) is 10.7 Å². The molecule has 0 saturated heterocycles. The number of hydrogen-bond acceptors (Lipinski definition) is 7. The number of thioether (sulfide) groups is 1. The zero-order valence-corrected chi connectivity index (χ0v) is 15.6. The van der Waals surface area contributed by atoms with Crippen molar-refractivity contribution < 1.29 is 4.79 Å². The molecular weight excluding hydrogens is 356 g/mol. The van der Waals surface area contributed by atoms with Crippen LogP contribution in [0.3, 0.4) is 0 Å². The Morgan fingerprint density at radius 3 is 2.88 bits per heavy atom. The van der Waals surface area contributed by atoms with Crippen molar-refractivity contribution in [2.45, 2.75) is 55.0 Å². The van der Waals surface area contributed by atoms with E-state index in [2.05, 4.69) is 21.6 Å². The molecule has 0 aliphatic heterocycles. The maximum Gasteiger partial charge on any atom is 0.234 e. The first-order chi connectivity index (χ1) is 12.0. The molecule has 1 unspecified atom stereocenters. The van der Waals surface area contributed by atoms with E-state index in [1.54, 1.807) is 6.92 Å². The van der Waals surface area contributed by atoms with Gasteiger partial charge in [-0.15, -0.1) is 21.5 Å². The van der Waals surface area contributed by atoms with Crippen molar-refractivity contribution in [3.05, 3.63) is 17.5 Å². The number of hydrogen-bond donors (Lipinski definition) is 2. The van der Waals surface area contributed by atoms with Crippen LogP contribution in [0.5, 0.6) is 0 Å². The van der Waals surface area contributed by atoms with Gasteiger partial charge in [-0.25, -0.2) is 4.68 Å². The first-order valence-corrected chi connectivity index (χ1v) is 9.95. The minimum Gasteiger partial charge on any atom is -0.337 e. The summed E-state index contributed by atoms with van der Waals surface area (Å²) in [4.78, 5) is 13.5. The minimum atomic E-state index is -0.733. The number of aromatic nitrogens is 3. The van der Waals surface area contributed by atoms with Crippen molar-refractivity contribution in [2.75, 3.05) is 5.84 Å². The SMILES string of the molecule is CC(Sc1nnc(-c2cccs2)n1N)C(=O)NC1(C#N)CCCCC1. The molecule has 1 fully saturated rings. The van der Waals surface area contributed by atoms with E-state index in [9.17, 15) is 10.1 Å². The van der Waals surface area contributed by atoms with Crippen LogP contribution in [0.15, 0.2) is 22.7 Å². The molecule has 1 aliphatic carbocycles. The zero-order valence-electron chi connectivity index (χ0n) is 13.9. The lowest BCUT2D eigenvalue weighted by Gasteiger charge is -2.32. The van der Waals surface area contributed by atoms with Crippen molar-refractivity contribution in [1.82, 2.24) is 20.2 Å². The third-order valence-electron chi connectivity index (χ3n) is 4.34. The Bertz CT molecular complexity index is 773. The average molecular weight is 377 g/mol. The zero-order chi connectivity index (χ0) is 17.9. The van der Waals surface area contributed by atoms with E-state index in [1.807, 2.05) is 17.5 Å². The van der Waals surface area contributed by atoms with Gasteiger partial charge in [0.15, 0.2) is 5.82 Å². The normalized spacial score (nSPS) is 17.6. The Balaban J connectivity index is 1.67. The number of nitriles is 1. The highest BCUT2D eigenvalue weighted by molar-refractivity contribution is 8.00. The summed E-state index contributed by atoms with van der Waals surface area (Å²) >= 11 is 2.77. The molecule has 0 aromatic carbocycles. The maximum absolute atomic E-state index is 12.5. The van der Waals surface area contributed by atoms with Gasteiger partial charge in [-0.3, -0.25) is 4.79 Å². The minimum absolute atomic E-state index is 0.172. The van der Waals surface area contributed by atoms with Crippen molar-refractivity contribution in [3.8, 4) is 16.8 Å². The van der Waals surface area contributed by atoms with Crippen LogP contribution in [-0.2, 0) is 4.79 Å². The Morgan fingerprint density at radius 1 is 1.48 bits per heavy atom. The molecular formula is C16H20N6OS2. The summed E-state index contributed by atoms with van der Waals surface area (Å²) in [6, 6.07) is 6.14. The Labute approximate surface area is 154 Å². The molecule has 0 spiro atoms. The van der Waals surface area contributed by atoms with E-state index in [0.29, 0.717) is 23.8 Å². The summed E-state index contributed by atoms with van der Waals surface area (Å²) in [7, 11) is 0. The number of nitrogens with one attached hydrogen (secondary N) is 1. The Morgan fingerprint density at radius 2 is 2.24 bits per heavy atom. The maximum atomic E-state index is 12.5. The number of nitrogen functional groups attached to an aromatic ring is 1. The van der Waals surface area contributed by atoms with Gasteiger partial charge in [0.25, 0.3) is 0 Å². The topological polar surface area (TPSA) is 110 Å². The van der Waals surface area contributed by atoms with E-state index in [0.717, 1.165) is 24.1 Å². The molecule has 7 nitrogen and oxygen atoms in total. The van der Waals surface area contributed by atoms with Crippen molar-refractivity contribution in [3.63, 3.8) is 0 Å². The fraction of sp³-hybridized carbons (Fsp3) is 0.500. The largest absolute Gasteiger partial charge is 0.337 e. The van der Waals surface area contributed by atoms with Crippen LogP contribution in [-0.4, -0.2) is 31.6 Å². The van der Waals surface area contributed by atoms with Gasteiger partial charge >= 0.3 is 0 Å². The third kappa shape index (κ3) is 3.80. The summed E-state index contributed by atoms with van der Waals surface area (Å²) in [6.45, 7) is 1.79. The Hall–Kier alpha value is -2.05. The third-order valence-corrected chi connectivity index (χ3v) is 6.26. The molecule has 1 saturated carbocycles. The van der Waals surface area contributed by atoms with Gasteiger partial charge in [-0.05, 0) is 31.2 Å². The average Bonchev–Trinajstić information content (AvgIpc) is 3.26.